The van der Waals surface area contributed by atoms with Crippen LogP contribution in [0.4, 0.5) is 22.7 Å². The zero-order valence-corrected chi connectivity index (χ0v) is 15.1. The molecule has 0 saturated carbocycles. The molecular formula is C12H18Cl4N4O4. The lowest BCUT2D eigenvalue weighted by Gasteiger charge is -2.10. The molecule has 24 heavy (non-hydrogen) atoms. The molecule has 2 aromatic carbocycles. The maximum atomic E-state index is 6.47. The van der Waals surface area contributed by atoms with Gasteiger partial charge in [-0.15, -0.1) is 0 Å². The highest BCUT2D eigenvalue weighted by Crippen LogP contribution is 2.33. The predicted octanol–water partition coefficient (Wildman–Crippen LogP) is 2.21. The number of benzene rings is 2. The van der Waals surface area contributed by atoms with Gasteiger partial charge in [-0.1, -0.05) is 18.2 Å². The average molecular weight is 424 g/mol. The van der Waals surface area contributed by atoms with Crippen LogP contribution < -0.4 is 22.9 Å². The number of halogens is 4. The van der Waals surface area contributed by atoms with E-state index in [9.17, 15) is 0 Å². The van der Waals surface area contributed by atoms with Crippen LogP contribution in [0.5, 0.6) is 0 Å². The van der Waals surface area contributed by atoms with Crippen molar-refractivity contribution >= 4 is 70.2 Å². The topological polar surface area (TPSA) is 185 Å². The second-order valence-electron chi connectivity index (χ2n) is 3.65. The Labute approximate surface area is 159 Å². The Morgan fingerprint density at radius 3 is 1.38 bits per heavy atom. The van der Waals surface area contributed by atoms with Crippen LogP contribution in [0.1, 0.15) is 0 Å². The van der Waals surface area contributed by atoms with Crippen molar-refractivity contribution in [3.05, 3.63) is 36.4 Å². The molecule has 138 valence electrons. The second kappa shape index (κ2) is 18.0. The van der Waals surface area contributed by atoms with E-state index in [0.29, 0.717) is 22.7 Å². The van der Waals surface area contributed by atoms with Crippen molar-refractivity contribution < 1.29 is 18.6 Å². The third-order valence-corrected chi connectivity index (χ3v) is 2.54. The summed E-state index contributed by atoms with van der Waals surface area (Å²) in [6, 6.07) is 11.0. The molecule has 0 fully saturated rings. The Morgan fingerprint density at radius 2 is 0.958 bits per heavy atom. The van der Waals surface area contributed by atoms with E-state index in [-0.39, 0.29) is 0 Å². The summed E-state index contributed by atoms with van der Waals surface area (Å²) in [6.07, 6.45) is 0. The molecule has 0 aliphatic heterocycles. The Kier molecular flexibility index (Phi) is 20.6. The van der Waals surface area contributed by atoms with E-state index in [1.165, 1.54) is 0 Å². The highest BCUT2D eigenvalue weighted by atomic mass is 35.5. The van der Waals surface area contributed by atoms with Crippen molar-refractivity contribution in [3.8, 4) is 11.1 Å². The largest absolute Gasteiger partial charge is 0.399 e. The molecule has 0 aromatic heterocycles. The third kappa shape index (κ3) is 9.06. The fourth-order valence-electron chi connectivity index (χ4n) is 1.57. The van der Waals surface area contributed by atoms with Crippen molar-refractivity contribution in [2.45, 2.75) is 0 Å². The Bertz CT molecular complexity index is 547. The number of hydrogen-bond acceptors (Lipinski definition) is 8. The molecule has 2 aromatic rings. The molecule has 0 amide bonds. The number of hydrogen-bond donors (Lipinski definition) is 8. The van der Waals surface area contributed by atoms with E-state index in [2.05, 4.69) is 47.5 Å². The first-order valence-electron chi connectivity index (χ1n) is 5.56. The lowest BCUT2D eigenvalue weighted by molar-refractivity contribution is 0.632. The summed E-state index contributed by atoms with van der Waals surface area (Å²) in [4.78, 5) is 0. The molecule has 8 nitrogen and oxygen atoms in total. The number of rotatable bonds is 1. The standard InChI is InChI=1S/C12H14N4.4ClHO/c13-8-3-1-7(2-4-8)9-5-6-10(14)12(16)11(9)15;4*1-2/h1-6H,13-16H2;4*2H. The van der Waals surface area contributed by atoms with Gasteiger partial charge in [0.05, 0.1) is 64.5 Å². The van der Waals surface area contributed by atoms with Gasteiger partial charge in [0.25, 0.3) is 0 Å². The van der Waals surface area contributed by atoms with Gasteiger partial charge >= 0.3 is 0 Å². The lowest BCUT2D eigenvalue weighted by atomic mass is 10.0. The maximum absolute atomic E-state index is 6.47. The summed E-state index contributed by atoms with van der Waals surface area (Å²) in [5, 5.41) is 0. The monoisotopic (exact) mass is 422 g/mol. The summed E-state index contributed by atoms with van der Waals surface area (Å²) in [5.74, 6) is 0. The molecular weight excluding hydrogens is 406 g/mol. The average Bonchev–Trinajstić information content (AvgIpc) is 2.67. The first kappa shape index (κ1) is 27.5. The molecule has 12 N–H and O–H groups in total. The molecule has 12 heteroatoms. The predicted molar refractivity (Wildman–Crippen MR) is 102 cm³/mol. The van der Waals surface area contributed by atoms with Crippen LogP contribution in [0.15, 0.2) is 36.4 Å². The smallest absolute Gasteiger partial charge is 0.0787 e. The van der Waals surface area contributed by atoms with Crippen LogP contribution in [0.3, 0.4) is 0 Å². The van der Waals surface area contributed by atoms with Crippen molar-refractivity contribution in [3.63, 3.8) is 0 Å². The van der Waals surface area contributed by atoms with Crippen molar-refractivity contribution in [1.82, 2.24) is 0 Å². The first-order valence-corrected chi connectivity index (χ1v) is 6.92. The number of nitrogens with two attached hydrogens (primary N) is 4. The van der Waals surface area contributed by atoms with Crippen molar-refractivity contribution in [2.75, 3.05) is 22.9 Å². The number of nitrogen functional groups attached to an aromatic ring is 4. The van der Waals surface area contributed by atoms with Crippen LogP contribution in [0.25, 0.3) is 11.1 Å². The molecule has 0 radical (unpaired) electrons. The maximum Gasteiger partial charge on any atom is 0.0787 e. The number of anilines is 4. The Balaban J connectivity index is -0.000000484. The summed E-state index contributed by atoms with van der Waals surface area (Å²) in [7, 11) is 0. The highest BCUT2D eigenvalue weighted by Gasteiger charge is 2.07. The van der Waals surface area contributed by atoms with Gasteiger partial charge in [-0.2, -0.15) is 0 Å². The molecule has 0 spiro atoms. The second-order valence-corrected chi connectivity index (χ2v) is 3.65. The first-order chi connectivity index (χ1) is 11.6. The molecule has 0 saturated heterocycles. The molecule has 2 rings (SSSR count). The summed E-state index contributed by atoms with van der Waals surface area (Å²) in [5.41, 5.74) is 27.0. The van der Waals surface area contributed by atoms with E-state index in [1.54, 1.807) is 6.07 Å². The van der Waals surface area contributed by atoms with E-state index in [0.717, 1.165) is 11.1 Å². The van der Waals surface area contributed by atoms with Gasteiger partial charge in [0.2, 0.25) is 0 Å². The minimum absolute atomic E-state index is 0.425. The van der Waals surface area contributed by atoms with Crippen LogP contribution in [-0.4, -0.2) is 18.6 Å². The summed E-state index contributed by atoms with van der Waals surface area (Å²) < 4.78 is 25.9. The SMILES string of the molecule is Nc1ccc(-c2ccc(N)c(N)c2N)cc1.OCl.OCl.OCl.OCl. The van der Waals surface area contributed by atoms with E-state index in [4.69, 9.17) is 41.6 Å². The zero-order chi connectivity index (χ0) is 19.7. The van der Waals surface area contributed by atoms with Gasteiger partial charge in [-0.3, -0.25) is 18.6 Å². The quantitative estimate of drug-likeness (QED) is 0.320. The fraction of sp³-hybridized carbons (Fsp3) is 0. The van der Waals surface area contributed by atoms with E-state index in [1.807, 2.05) is 30.3 Å². The van der Waals surface area contributed by atoms with Crippen molar-refractivity contribution in [2.24, 2.45) is 0 Å². The Hall–Kier alpha value is -1.36. The lowest BCUT2D eigenvalue weighted by Crippen LogP contribution is -2.01. The van der Waals surface area contributed by atoms with Gasteiger partial charge in [-0.05, 0) is 23.8 Å². The molecule has 0 atom stereocenters. The molecule has 0 aliphatic carbocycles. The van der Waals surface area contributed by atoms with Crippen LogP contribution in [0, 0.1) is 0 Å². The van der Waals surface area contributed by atoms with Crippen molar-refractivity contribution in [1.29, 1.82) is 0 Å². The Morgan fingerprint density at radius 1 is 0.542 bits per heavy atom. The van der Waals surface area contributed by atoms with Gasteiger partial charge in [0.15, 0.2) is 0 Å². The minimum Gasteiger partial charge on any atom is -0.399 e. The van der Waals surface area contributed by atoms with Crippen LogP contribution >= 0.6 is 47.5 Å². The van der Waals surface area contributed by atoms with Crippen LogP contribution in [-0.2, 0) is 0 Å². The van der Waals surface area contributed by atoms with Gasteiger partial charge < -0.3 is 22.9 Å². The summed E-state index contributed by atoms with van der Waals surface area (Å²) >= 11 is 14.6. The molecule has 0 aliphatic rings. The van der Waals surface area contributed by atoms with E-state index < -0.39 is 0 Å². The fourth-order valence-corrected chi connectivity index (χ4v) is 1.57. The van der Waals surface area contributed by atoms with E-state index >= 15 is 0 Å². The van der Waals surface area contributed by atoms with Gasteiger partial charge in [0.1, 0.15) is 0 Å². The minimum atomic E-state index is 0.425. The molecule has 0 unspecified atom stereocenters. The van der Waals surface area contributed by atoms with Gasteiger partial charge in [-0.25, -0.2) is 0 Å². The zero-order valence-electron chi connectivity index (χ0n) is 12.1. The van der Waals surface area contributed by atoms with Gasteiger partial charge in [0, 0.05) is 11.3 Å². The normalized spacial score (nSPS) is 7.83. The third-order valence-electron chi connectivity index (χ3n) is 2.54. The molecule has 0 heterocycles. The molecule has 0 bridgehead atoms. The van der Waals surface area contributed by atoms with Crippen LogP contribution in [0.2, 0.25) is 0 Å². The summed E-state index contributed by atoms with van der Waals surface area (Å²) in [6.45, 7) is 0. The highest BCUT2D eigenvalue weighted by molar-refractivity contribution is 6.05.